The van der Waals surface area contributed by atoms with Crippen LogP contribution in [0, 0.1) is 11.8 Å². The molecule has 1 N–H and O–H groups in total. The molecule has 0 aromatic carbocycles. The summed E-state index contributed by atoms with van der Waals surface area (Å²) in [5.41, 5.74) is 1.13. The first-order chi connectivity index (χ1) is 10.1. The van der Waals surface area contributed by atoms with Crippen LogP contribution in [0.4, 0.5) is 0 Å². The first kappa shape index (κ1) is 14.6. The lowest BCUT2D eigenvalue weighted by Crippen LogP contribution is -2.47. The molecule has 1 aliphatic carbocycles. The molecular weight excluding hydrogens is 264 g/mol. The highest BCUT2D eigenvalue weighted by atomic mass is 16.2. The number of H-pyrrole nitrogens is 1. The largest absolute Gasteiger partial charge is 0.347 e. The zero-order valence-electron chi connectivity index (χ0n) is 13.1. The van der Waals surface area contributed by atoms with Crippen molar-refractivity contribution in [2.24, 2.45) is 11.8 Å². The van der Waals surface area contributed by atoms with Crippen LogP contribution < -0.4 is 0 Å². The van der Waals surface area contributed by atoms with Crippen molar-refractivity contribution >= 4 is 5.91 Å². The lowest BCUT2D eigenvalue weighted by Gasteiger charge is -2.34. The number of hydrogen-bond acceptors (Lipinski definition) is 3. The summed E-state index contributed by atoms with van der Waals surface area (Å²) >= 11 is 0. The van der Waals surface area contributed by atoms with Crippen molar-refractivity contribution in [1.29, 1.82) is 0 Å². The van der Waals surface area contributed by atoms with E-state index in [4.69, 9.17) is 0 Å². The normalized spacial score (nSPS) is 24.6. The zero-order chi connectivity index (χ0) is 14.8. The summed E-state index contributed by atoms with van der Waals surface area (Å²) in [6, 6.07) is 0.337. The lowest BCUT2D eigenvalue weighted by molar-refractivity contribution is -0.133. The van der Waals surface area contributed by atoms with Crippen LogP contribution >= 0.6 is 0 Å². The van der Waals surface area contributed by atoms with Crippen LogP contribution in [-0.4, -0.2) is 51.4 Å². The lowest BCUT2D eigenvalue weighted by atomic mass is 10.0. The number of amides is 1. The van der Waals surface area contributed by atoms with E-state index >= 15 is 0 Å². The van der Waals surface area contributed by atoms with E-state index in [1.165, 1.54) is 12.8 Å². The Balaban J connectivity index is 1.70. The number of carbonyl (C=O) groups is 1. The second-order valence-corrected chi connectivity index (χ2v) is 6.86. The van der Waals surface area contributed by atoms with Gasteiger partial charge in [0.15, 0.2) is 0 Å². The van der Waals surface area contributed by atoms with Gasteiger partial charge in [-0.3, -0.25) is 9.69 Å². The molecule has 1 aliphatic heterocycles. The van der Waals surface area contributed by atoms with Gasteiger partial charge in [-0.25, -0.2) is 4.98 Å². The highest BCUT2D eigenvalue weighted by molar-refractivity contribution is 5.77. The number of nitrogens with zero attached hydrogens (tertiary/aromatic N) is 3. The Morgan fingerprint density at radius 3 is 2.86 bits per heavy atom. The van der Waals surface area contributed by atoms with Crippen LogP contribution in [0.1, 0.15) is 38.8 Å². The molecule has 2 heterocycles. The number of imidazole rings is 1. The maximum atomic E-state index is 12.5. The molecule has 1 amide bonds. The molecule has 2 aliphatic rings. The van der Waals surface area contributed by atoms with Crippen LogP contribution in [0.15, 0.2) is 12.5 Å². The fourth-order valence-corrected chi connectivity index (χ4v) is 3.18. The average Bonchev–Trinajstić information content (AvgIpc) is 3.15. The summed E-state index contributed by atoms with van der Waals surface area (Å²) in [4.78, 5) is 24.3. The van der Waals surface area contributed by atoms with Crippen LogP contribution in [0.3, 0.4) is 0 Å². The molecule has 0 unspecified atom stereocenters. The number of rotatable bonds is 5. The number of aromatic nitrogens is 2. The Bertz CT molecular complexity index is 467. The molecule has 1 saturated carbocycles. The van der Waals surface area contributed by atoms with Gasteiger partial charge in [-0.1, -0.05) is 13.8 Å². The molecule has 5 nitrogen and oxygen atoms in total. The van der Waals surface area contributed by atoms with E-state index in [9.17, 15) is 4.79 Å². The zero-order valence-corrected chi connectivity index (χ0v) is 13.1. The van der Waals surface area contributed by atoms with Gasteiger partial charge in [0.1, 0.15) is 0 Å². The summed E-state index contributed by atoms with van der Waals surface area (Å²) < 4.78 is 0. The Morgan fingerprint density at radius 2 is 2.24 bits per heavy atom. The molecule has 5 heteroatoms. The molecule has 0 bridgehead atoms. The highest BCUT2D eigenvalue weighted by Gasteiger charge is 2.35. The van der Waals surface area contributed by atoms with Gasteiger partial charge < -0.3 is 9.88 Å². The van der Waals surface area contributed by atoms with Crippen LogP contribution in [-0.2, 0) is 11.3 Å². The van der Waals surface area contributed by atoms with Crippen LogP contribution in [0.25, 0.3) is 0 Å². The monoisotopic (exact) mass is 290 g/mol. The summed E-state index contributed by atoms with van der Waals surface area (Å²) in [6.07, 6.45) is 6.83. The number of hydrogen-bond donors (Lipinski definition) is 1. The van der Waals surface area contributed by atoms with Gasteiger partial charge in [-0.2, -0.15) is 0 Å². The maximum absolute atomic E-state index is 12.5. The van der Waals surface area contributed by atoms with Crippen molar-refractivity contribution < 1.29 is 4.79 Å². The van der Waals surface area contributed by atoms with Crippen molar-refractivity contribution in [3.63, 3.8) is 0 Å². The Hall–Kier alpha value is -1.36. The molecule has 2 fully saturated rings. The minimum absolute atomic E-state index is 0.337. The third kappa shape index (κ3) is 3.64. The Kier molecular flexibility index (Phi) is 4.29. The number of carbonyl (C=O) groups excluding carboxylic acids is 1. The van der Waals surface area contributed by atoms with E-state index in [0.717, 1.165) is 37.8 Å². The van der Waals surface area contributed by atoms with Gasteiger partial charge in [0.25, 0.3) is 0 Å². The first-order valence-corrected chi connectivity index (χ1v) is 8.12. The van der Waals surface area contributed by atoms with Gasteiger partial charge in [-0.15, -0.1) is 0 Å². The molecule has 1 saturated heterocycles. The van der Waals surface area contributed by atoms with E-state index in [-0.39, 0.29) is 0 Å². The molecule has 1 atom stereocenters. The number of aromatic amines is 1. The van der Waals surface area contributed by atoms with Crippen molar-refractivity contribution in [1.82, 2.24) is 19.8 Å². The topological polar surface area (TPSA) is 52.2 Å². The fraction of sp³-hybridized carbons (Fsp3) is 0.750. The van der Waals surface area contributed by atoms with Crippen molar-refractivity contribution in [2.45, 2.75) is 45.7 Å². The summed E-state index contributed by atoms with van der Waals surface area (Å²) in [5.74, 6) is 1.59. The molecule has 0 radical (unpaired) electrons. The van der Waals surface area contributed by atoms with E-state index in [1.54, 1.807) is 6.33 Å². The molecule has 3 rings (SSSR count). The second kappa shape index (κ2) is 6.18. The summed E-state index contributed by atoms with van der Waals surface area (Å²) in [6.45, 7) is 8.11. The summed E-state index contributed by atoms with van der Waals surface area (Å²) in [5, 5.41) is 0. The molecule has 21 heavy (non-hydrogen) atoms. The minimum atomic E-state index is 0.337. The molecule has 1 aromatic heterocycles. The Morgan fingerprint density at radius 1 is 1.43 bits per heavy atom. The van der Waals surface area contributed by atoms with E-state index in [0.29, 0.717) is 24.3 Å². The van der Waals surface area contributed by atoms with Gasteiger partial charge in [0.2, 0.25) is 5.91 Å². The quantitative estimate of drug-likeness (QED) is 0.901. The molecule has 0 spiro atoms. The van der Waals surface area contributed by atoms with Crippen molar-refractivity contribution in [3.05, 3.63) is 18.2 Å². The molecule has 116 valence electrons. The number of nitrogens with one attached hydrogen (secondary N) is 1. The van der Waals surface area contributed by atoms with Crippen LogP contribution in [0.2, 0.25) is 0 Å². The third-order valence-electron chi connectivity index (χ3n) is 4.68. The van der Waals surface area contributed by atoms with Crippen LogP contribution in [0.5, 0.6) is 0 Å². The van der Waals surface area contributed by atoms with Gasteiger partial charge >= 0.3 is 0 Å². The minimum Gasteiger partial charge on any atom is -0.347 e. The fourth-order valence-electron chi connectivity index (χ4n) is 3.18. The average molecular weight is 290 g/mol. The van der Waals surface area contributed by atoms with Gasteiger partial charge in [0, 0.05) is 50.5 Å². The SMILES string of the molecule is CC(C)[C@@H]1CN(Cc2cnc[nH]2)CCC(=O)N1CC1CC1. The van der Waals surface area contributed by atoms with Gasteiger partial charge in [0.05, 0.1) is 6.33 Å². The van der Waals surface area contributed by atoms with Crippen molar-refractivity contribution in [3.8, 4) is 0 Å². The summed E-state index contributed by atoms with van der Waals surface area (Å²) in [7, 11) is 0. The first-order valence-electron chi connectivity index (χ1n) is 8.12. The van der Waals surface area contributed by atoms with E-state index < -0.39 is 0 Å². The van der Waals surface area contributed by atoms with Crippen molar-refractivity contribution in [2.75, 3.05) is 19.6 Å². The predicted molar refractivity (Wildman–Crippen MR) is 81.5 cm³/mol. The predicted octanol–water partition coefficient (Wildman–Crippen LogP) is 1.88. The molecule has 1 aromatic rings. The smallest absolute Gasteiger partial charge is 0.224 e. The highest BCUT2D eigenvalue weighted by Crippen LogP contribution is 2.32. The second-order valence-electron chi connectivity index (χ2n) is 6.86. The third-order valence-corrected chi connectivity index (χ3v) is 4.68. The Labute approximate surface area is 126 Å². The van der Waals surface area contributed by atoms with E-state index in [1.807, 2.05) is 6.20 Å². The standard InChI is InChI=1S/C16H26N4O/c1-12(2)15-10-19(9-14-7-17-11-18-14)6-5-16(21)20(15)8-13-3-4-13/h7,11-13,15H,3-6,8-10H2,1-2H3,(H,17,18)/t15-/m0/s1. The van der Waals surface area contributed by atoms with Gasteiger partial charge in [-0.05, 0) is 24.7 Å². The molecular formula is C16H26N4O. The maximum Gasteiger partial charge on any atom is 0.224 e. The van der Waals surface area contributed by atoms with E-state index in [2.05, 4.69) is 33.6 Å².